The van der Waals surface area contributed by atoms with E-state index in [-0.39, 0.29) is 17.9 Å². The number of aryl methyl sites for hydroxylation is 1. The highest BCUT2D eigenvalue weighted by molar-refractivity contribution is 6.00. The van der Waals surface area contributed by atoms with E-state index in [1.807, 2.05) is 23.8 Å². The van der Waals surface area contributed by atoms with Gasteiger partial charge in [0.25, 0.3) is 0 Å². The number of nitrogens with zero attached hydrogens (tertiary/aromatic N) is 5. The van der Waals surface area contributed by atoms with Crippen molar-refractivity contribution in [1.82, 2.24) is 19.8 Å². The Morgan fingerprint density at radius 2 is 1.78 bits per heavy atom. The number of amides is 2. The van der Waals surface area contributed by atoms with Gasteiger partial charge >= 0.3 is 0 Å². The molecule has 0 spiro atoms. The van der Waals surface area contributed by atoms with Crippen LogP contribution in [-0.4, -0.2) is 64.3 Å². The molecule has 32 heavy (non-hydrogen) atoms. The van der Waals surface area contributed by atoms with Gasteiger partial charge in [-0.3, -0.25) is 19.4 Å². The normalized spacial score (nSPS) is 24.6. The Balaban J connectivity index is 1.34. The zero-order chi connectivity index (χ0) is 22.2. The SMILES string of the molecule is Cc1nc([C@@H]2CCCCN2CC(=O)N(C)C2CCCCC2)nc2c1CC(=O)N2CC1CC1. The van der Waals surface area contributed by atoms with Crippen molar-refractivity contribution in [3.8, 4) is 0 Å². The lowest BCUT2D eigenvalue weighted by atomic mass is 9.94. The number of hydrogen-bond acceptors (Lipinski definition) is 5. The highest BCUT2D eigenvalue weighted by Gasteiger charge is 2.37. The van der Waals surface area contributed by atoms with Crippen molar-refractivity contribution >= 4 is 17.6 Å². The summed E-state index contributed by atoms with van der Waals surface area (Å²) in [5.74, 6) is 2.63. The van der Waals surface area contributed by atoms with E-state index < -0.39 is 0 Å². The Labute approximate surface area is 191 Å². The topological polar surface area (TPSA) is 69.6 Å². The van der Waals surface area contributed by atoms with Gasteiger partial charge in [-0.05, 0) is 57.9 Å². The van der Waals surface area contributed by atoms with Crippen molar-refractivity contribution in [3.63, 3.8) is 0 Å². The van der Waals surface area contributed by atoms with Crippen LogP contribution < -0.4 is 4.90 Å². The molecule has 174 valence electrons. The highest BCUT2D eigenvalue weighted by atomic mass is 16.2. The molecule has 2 aliphatic heterocycles. The van der Waals surface area contributed by atoms with Crippen LogP contribution in [-0.2, 0) is 16.0 Å². The lowest BCUT2D eigenvalue weighted by Crippen LogP contribution is -2.46. The van der Waals surface area contributed by atoms with Crippen molar-refractivity contribution < 1.29 is 9.59 Å². The second-order valence-electron chi connectivity index (χ2n) is 10.4. The van der Waals surface area contributed by atoms with Gasteiger partial charge in [-0.1, -0.05) is 25.7 Å². The highest BCUT2D eigenvalue weighted by Crippen LogP contribution is 2.37. The zero-order valence-corrected chi connectivity index (χ0v) is 19.7. The molecule has 2 amide bonds. The number of likely N-dealkylation sites (tertiary alicyclic amines) is 1. The van der Waals surface area contributed by atoms with Gasteiger partial charge < -0.3 is 4.90 Å². The van der Waals surface area contributed by atoms with Gasteiger partial charge in [0.1, 0.15) is 11.6 Å². The number of carbonyl (C=O) groups is 2. The molecule has 1 aromatic rings. The minimum atomic E-state index is 0.0509. The number of carbonyl (C=O) groups excluding carboxylic acids is 2. The van der Waals surface area contributed by atoms with Gasteiger partial charge in [0, 0.05) is 30.9 Å². The van der Waals surface area contributed by atoms with Crippen molar-refractivity contribution in [3.05, 3.63) is 17.1 Å². The Bertz CT molecular complexity index is 877. The average Bonchev–Trinajstić information content (AvgIpc) is 3.57. The molecule has 2 saturated carbocycles. The third kappa shape index (κ3) is 4.41. The summed E-state index contributed by atoms with van der Waals surface area (Å²) in [5, 5.41) is 0. The van der Waals surface area contributed by atoms with Crippen LogP contribution in [0.5, 0.6) is 0 Å². The van der Waals surface area contributed by atoms with Crippen LogP contribution in [0.1, 0.15) is 87.3 Å². The van der Waals surface area contributed by atoms with Gasteiger partial charge in [0.15, 0.2) is 0 Å². The molecule has 0 bridgehead atoms. The van der Waals surface area contributed by atoms with Crippen LogP contribution in [0.3, 0.4) is 0 Å². The van der Waals surface area contributed by atoms with E-state index in [1.165, 1.54) is 32.1 Å². The molecule has 3 heterocycles. The number of rotatable bonds is 6. The summed E-state index contributed by atoms with van der Waals surface area (Å²) >= 11 is 0. The molecule has 7 nitrogen and oxygen atoms in total. The number of likely N-dealkylation sites (N-methyl/N-ethyl adjacent to an activating group) is 1. The first-order valence-corrected chi connectivity index (χ1v) is 12.7. The van der Waals surface area contributed by atoms with E-state index in [4.69, 9.17) is 9.97 Å². The average molecular weight is 440 g/mol. The number of anilines is 1. The Morgan fingerprint density at radius 3 is 2.53 bits per heavy atom. The van der Waals surface area contributed by atoms with Crippen LogP contribution in [0.15, 0.2) is 0 Å². The summed E-state index contributed by atoms with van der Waals surface area (Å²) in [5.41, 5.74) is 1.92. The molecule has 0 radical (unpaired) electrons. The Hall–Kier alpha value is -2.02. The fourth-order valence-corrected chi connectivity index (χ4v) is 5.72. The maximum atomic E-state index is 13.2. The summed E-state index contributed by atoms with van der Waals surface area (Å²) in [4.78, 5) is 41.8. The number of hydrogen-bond donors (Lipinski definition) is 0. The molecule has 4 aliphatic rings. The number of fused-ring (bicyclic) bond motifs is 1. The van der Waals surface area contributed by atoms with Crippen molar-refractivity contribution in [1.29, 1.82) is 0 Å². The first-order chi connectivity index (χ1) is 15.5. The third-order valence-electron chi connectivity index (χ3n) is 8.00. The van der Waals surface area contributed by atoms with E-state index in [0.29, 0.717) is 24.9 Å². The van der Waals surface area contributed by atoms with Crippen LogP contribution in [0.4, 0.5) is 5.82 Å². The molecule has 2 aliphatic carbocycles. The number of aromatic nitrogens is 2. The Kier molecular flexibility index (Phi) is 6.19. The second-order valence-corrected chi connectivity index (χ2v) is 10.4. The fourth-order valence-electron chi connectivity index (χ4n) is 5.72. The van der Waals surface area contributed by atoms with Crippen molar-refractivity contribution in [2.24, 2.45) is 5.92 Å². The summed E-state index contributed by atoms with van der Waals surface area (Å²) in [6.45, 7) is 4.13. The first kappa shape index (κ1) is 21.8. The molecule has 1 atom stereocenters. The number of piperidine rings is 1. The van der Waals surface area contributed by atoms with E-state index in [2.05, 4.69) is 4.90 Å². The quantitative estimate of drug-likeness (QED) is 0.679. The minimum absolute atomic E-state index is 0.0509. The molecular weight excluding hydrogens is 402 g/mol. The van der Waals surface area contributed by atoms with E-state index in [9.17, 15) is 9.59 Å². The van der Waals surface area contributed by atoms with Gasteiger partial charge in [0.05, 0.1) is 19.0 Å². The van der Waals surface area contributed by atoms with E-state index in [1.54, 1.807) is 0 Å². The van der Waals surface area contributed by atoms with Crippen molar-refractivity contribution in [2.75, 3.05) is 31.6 Å². The standard InChI is InChI=1S/C25H37N5O2/c1-17-20-14-22(31)30(15-18-11-12-18)25(20)27-24(26-17)21-10-6-7-13-29(21)16-23(32)28(2)19-8-4-3-5-9-19/h18-19,21H,3-16H2,1-2H3/t21-/m0/s1. The maximum absolute atomic E-state index is 13.2. The summed E-state index contributed by atoms with van der Waals surface area (Å²) in [6.07, 6.45) is 12.1. The minimum Gasteiger partial charge on any atom is -0.342 e. The molecule has 5 rings (SSSR count). The largest absolute Gasteiger partial charge is 0.342 e. The van der Waals surface area contributed by atoms with Gasteiger partial charge in [-0.2, -0.15) is 0 Å². The molecule has 0 unspecified atom stereocenters. The van der Waals surface area contributed by atoms with Crippen LogP contribution in [0.2, 0.25) is 0 Å². The van der Waals surface area contributed by atoms with Crippen LogP contribution in [0.25, 0.3) is 0 Å². The molecule has 1 saturated heterocycles. The third-order valence-corrected chi connectivity index (χ3v) is 8.00. The summed E-state index contributed by atoms with van der Waals surface area (Å²) in [6, 6.07) is 0.440. The van der Waals surface area contributed by atoms with Gasteiger partial charge in [0.2, 0.25) is 11.8 Å². The smallest absolute Gasteiger partial charge is 0.236 e. The molecular formula is C25H37N5O2. The summed E-state index contributed by atoms with van der Waals surface area (Å²) < 4.78 is 0. The van der Waals surface area contributed by atoms with Crippen LogP contribution >= 0.6 is 0 Å². The monoisotopic (exact) mass is 439 g/mol. The lowest BCUT2D eigenvalue weighted by Gasteiger charge is -2.37. The molecule has 3 fully saturated rings. The van der Waals surface area contributed by atoms with Gasteiger partial charge in [-0.15, -0.1) is 0 Å². The zero-order valence-electron chi connectivity index (χ0n) is 19.7. The fraction of sp³-hybridized carbons (Fsp3) is 0.760. The first-order valence-electron chi connectivity index (χ1n) is 12.7. The summed E-state index contributed by atoms with van der Waals surface area (Å²) in [7, 11) is 1.98. The molecule has 1 aromatic heterocycles. The van der Waals surface area contributed by atoms with E-state index >= 15 is 0 Å². The van der Waals surface area contributed by atoms with Crippen molar-refractivity contribution in [2.45, 2.75) is 89.6 Å². The predicted molar refractivity (Wildman–Crippen MR) is 123 cm³/mol. The van der Waals surface area contributed by atoms with E-state index in [0.717, 1.165) is 68.1 Å². The van der Waals surface area contributed by atoms with Crippen LogP contribution in [0, 0.1) is 12.8 Å². The predicted octanol–water partition coefficient (Wildman–Crippen LogP) is 3.40. The van der Waals surface area contributed by atoms with Gasteiger partial charge in [-0.25, -0.2) is 9.97 Å². The second kappa shape index (κ2) is 9.08. The molecule has 0 N–H and O–H groups in total. The molecule has 0 aromatic carbocycles. The molecule has 7 heteroatoms. The maximum Gasteiger partial charge on any atom is 0.236 e. The lowest BCUT2D eigenvalue weighted by molar-refractivity contribution is -0.134. The Morgan fingerprint density at radius 1 is 1.03 bits per heavy atom.